The summed E-state index contributed by atoms with van der Waals surface area (Å²) in [4.78, 5) is 50.1. The number of carbonyl (C=O) groups is 3. The highest BCUT2D eigenvalue weighted by Crippen LogP contribution is 2.33. The molecule has 0 saturated carbocycles. The Hall–Kier alpha value is -8.75. The average molecular weight is 911 g/mol. The van der Waals surface area contributed by atoms with Crippen molar-refractivity contribution in [1.82, 2.24) is 19.9 Å². The monoisotopic (exact) mass is 910 g/mol. The summed E-state index contributed by atoms with van der Waals surface area (Å²) in [5.74, 6) is -0.358. The molecule has 10 N–H and O–H groups in total. The SMILES string of the molecule is Cc1ccc(-c2cccc(O)c2)c(CCC(N)=O)c1.NC(=O)CCc1cc(-c2cnccn2)ccc1-c1cccc(O)c1.NC(=O)CCc1cc(-c2cnccn2)ccc1-c1cccc(O)c1.[OH-]. The number of primary amides is 3. The van der Waals surface area contributed by atoms with Crippen molar-refractivity contribution in [1.29, 1.82) is 0 Å². The zero-order valence-corrected chi connectivity index (χ0v) is 37.4. The van der Waals surface area contributed by atoms with Crippen LogP contribution in [-0.2, 0) is 33.6 Å². The van der Waals surface area contributed by atoms with Crippen LogP contribution in [-0.4, -0.2) is 58.5 Å². The lowest BCUT2D eigenvalue weighted by Gasteiger charge is -2.12. The van der Waals surface area contributed by atoms with Crippen molar-refractivity contribution in [2.24, 2.45) is 17.2 Å². The number of amides is 3. The first-order valence-corrected chi connectivity index (χ1v) is 21.4. The number of carbonyl (C=O) groups excluding carboxylic acids is 3. The number of nitrogens with zero attached hydrogens (tertiary/aromatic N) is 4. The molecule has 14 heteroatoms. The van der Waals surface area contributed by atoms with Gasteiger partial charge < -0.3 is 38.0 Å². The summed E-state index contributed by atoms with van der Waals surface area (Å²) in [5, 5.41) is 29.0. The molecule has 2 heterocycles. The van der Waals surface area contributed by atoms with E-state index in [0.717, 1.165) is 78.1 Å². The van der Waals surface area contributed by atoms with Crippen LogP contribution in [0.1, 0.15) is 41.5 Å². The summed E-state index contributed by atoms with van der Waals surface area (Å²) in [6.07, 6.45) is 12.4. The van der Waals surface area contributed by atoms with Gasteiger partial charge in [0.25, 0.3) is 0 Å². The molecule has 0 aliphatic carbocycles. The van der Waals surface area contributed by atoms with Gasteiger partial charge in [-0.1, -0.05) is 84.4 Å². The lowest BCUT2D eigenvalue weighted by atomic mass is 9.93. The molecule has 0 saturated heterocycles. The Balaban J connectivity index is 0.000000191. The summed E-state index contributed by atoms with van der Waals surface area (Å²) in [7, 11) is 0. The van der Waals surface area contributed by atoms with Gasteiger partial charge in [-0.25, -0.2) is 0 Å². The third-order valence-corrected chi connectivity index (χ3v) is 10.6. The largest absolute Gasteiger partial charge is 0.870 e. The molecule has 0 unspecified atom stereocenters. The fourth-order valence-electron chi connectivity index (χ4n) is 7.38. The number of hydrogen-bond donors (Lipinski definition) is 6. The predicted molar refractivity (Wildman–Crippen MR) is 262 cm³/mol. The van der Waals surface area contributed by atoms with Gasteiger partial charge >= 0.3 is 0 Å². The molecule has 0 bridgehead atoms. The van der Waals surface area contributed by atoms with Crippen LogP contribution >= 0.6 is 0 Å². The minimum Gasteiger partial charge on any atom is -0.870 e. The normalized spacial score (nSPS) is 10.3. The number of hydrogen-bond acceptors (Lipinski definition) is 11. The van der Waals surface area contributed by atoms with E-state index in [4.69, 9.17) is 17.2 Å². The van der Waals surface area contributed by atoms with Crippen LogP contribution in [0, 0.1) is 6.92 Å². The Morgan fingerprint density at radius 3 is 1.12 bits per heavy atom. The molecule has 8 rings (SSSR count). The van der Waals surface area contributed by atoms with Gasteiger partial charge in [0, 0.05) is 55.2 Å². The number of phenols is 3. The maximum atomic E-state index is 11.2. The minimum absolute atomic E-state index is 0. The van der Waals surface area contributed by atoms with Gasteiger partial charge in [-0.3, -0.25) is 34.3 Å². The molecule has 3 amide bonds. The quantitative estimate of drug-likeness (QED) is 0.0602. The van der Waals surface area contributed by atoms with Gasteiger partial charge in [-0.05, 0) is 125 Å². The smallest absolute Gasteiger partial charge is 0.217 e. The second-order valence-corrected chi connectivity index (χ2v) is 15.6. The van der Waals surface area contributed by atoms with E-state index in [1.807, 2.05) is 79.7 Å². The molecule has 0 radical (unpaired) electrons. The highest BCUT2D eigenvalue weighted by molar-refractivity contribution is 5.79. The summed E-state index contributed by atoms with van der Waals surface area (Å²) < 4.78 is 0. The van der Waals surface area contributed by atoms with Crippen LogP contribution in [0.25, 0.3) is 55.9 Å². The van der Waals surface area contributed by atoms with Crippen LogP contribution in [0.4, 0.5) is 0 Å². The van der Waals surface area contributed by atoms with Gasteiger partial charge in [-0.15, -0.1) is 0 Å². The molecule has 6 aromatic carbocycles. The van der Waals surface area contributed by atoms with E-state index in [1.165, 1.54) is 0 Å². The third kappa shape index (κ3) is 14.6. The van der Waals surface area contributed by atoms with E-state index < -0.39 is 0 Å². The van der Waals surface area contributed by atoms with Crippen LogP contribution in [0.15, 0.2) is 165 Å². The first-order chi connectivity index (χ1) is 32.3. The molecule has 0 spiro atoms. The van der Waals surface area contributed by atoms with E-state index in [-0.39, 0.29) is 53.3 Å². The van der Waals surface area contributed by atoms with Crippen molar-refractivity contribution in [2.45, 2.75) is 45.4 Å². The summed E-state index contributed by atoms with van der Waals surface area (Å²) in [6, 6.07) is 39.1. The molecule has 0 aliphatic heterocycles. The maximum Gasteiger partial charge on any atom is 0.217 e. The van der Waals surface area contributed by atoms with Gasteiger partial charge in [0.2, 0.25) is 17.7 Å². The van der Waals surface area contributed by atoms with Gasteiger partial charge in [0.15, 0.2) is 0 Å². The number of benzene rings is 6. The Bertz CT molecular complexity index is 2820. The number of aromatic hydroxyl groups is 3. The zero-order valence-electron chi connectivity index (χ0n) is 37.4. The third-order valence-electron chi connectivity index (χ3n) is 10.6. The van der Waals surface area contributed by atoms with E-state index in [1.54, 1.807) is 85.7 Å². The molecule has 0 aliphatic rings. The van der Waals surface area contributed by atoms with Crippen molar-refractivity contribution in [2.75, 3.05) is 0 Å². The number of phenolic OH excluding ortho intramolecular Hbond substituents is 3. The van der Waals surface area contributed by atoms with Crippen LogP contribution in [0.5, 0.6) is 17.2 Å². The van der Waals surface area contributed by atoms with E-state index in [0.29, 0.717) is 25.7 Å². The molecule has 14 nitrogen and oxygen atoms in total. The van der Waals surface area contributed by atoms with Crippen LogP contribution in [0.2, 0.25) is 0 Å². The molecule has 68 heavy (non-hydrogen) atoms. The lowest BCUT2D eigenvalue weighted by molar-refractivity contribution is -0.118. The fourth-order valence-corrected chi connectivity index (χ4v) is 7.38. The Labute approximate surface area is 394 Å². The van der Waals surface area contributed by atoms with E-state index in [9.17, 15) is 29.7 Å². The molecule has 8 aromatic rings. The second-order valence-electron chi connectivity index (χ2n) is 15.6. The zero-order chi connectivity index (χ0) is 47.7. The molecule has 2 aromatic heterocycles. The number of aryl methyl sites for hydroxylation is 4. The summed E-state index contributed by atoms with van der Waals surface area (Å²) in [5.41, 5.74) is 29.0. The predicted octanol–water partition coefficient (Wildman–Crippen LogP) is 8.48. The second kappa shape index (κ2) is 24.5. The molecule has 0 fully saturated rings. The fraction of sp³-hybridized carbons (Fsp3) is 0.130. The summed E-state index contributed by atoms with van der Waals surface area (Å²) >= 11 is 0. The number of aromatic nitrogens is 4. The van der Waals surface area contributed by atoms with Crippen LogP contribution < -0.4 is 17.2 Å². The maximum absolute atomic E-state index is 11.2. The van der Waals surface area contributed by atoms with E-state index in [2.05, 4.69) is 26.0 Å². The Morgan fingerprint density at radius 2 is 0.794 bits per heavy atom. The average Bonchev–Trinajstić information content (AvgIpc) is 3.33. The first-order valence-electron chi connectivity index (χ1n) is 21.4. The van der Waals surface area contributed by atoms with Crippen molar-refractivity contribution in [3.63, 3.8) is 0 Å². The number of nitrogens with two attached hydrogens (primary N) is 3. The van der Waals surface area contributed by atoms with Gasteiger partial charge in [0.1, 0.15) is 17.2 Å². The number of rotatable bonds is 14. The Morgan fingerprint density at radius 1 is 0.441 bits per heavy atom. The molecular formula is C54H52N7O7-. The highest BCUT2D eigenvalue weighted by Gasteiger charge is 2.13. The van der Waals surface area contributed by atoms with E-state index >= 15 is 0 Å². The van der Waals surface area contributed by atoms with Gasteiger partial charge in [0.05, 0.1) is 23.8 Å². The van der Waals surface area contributed by atoms with Crippen molar-refractivity contribution < 1.29 is 35.2 Å². The minimum atomic E-state index is -0.346. The molecular weight excluding hydrogens is 859 g/mol. The lowest BCUT2D eigenvalue weighted by Crippen LogP contribution is -2.11. The van der Waals surface area contributed by atoms with Crippen molar-refractivity contribution in [3.8, 4) is 73.1 Å². The van der Waals surface area contributed by atoms with Crippen molar-refractivity contribution >= 4 is 17.7 Å². The first kappa shape index (κ1) is 50.3. The van der Waals surface area contributed by atoms with Crippen LogP contribution in [0.3, 0.4) is 0 Å². The highest BCUT2D eigenvalue weighted by atomic mass is 16.3. The van der Waals surface area contributed by atoms with Crippen molar-refractivity contribution in [3.05, 3.63) is 187 Å². The summed E-state index contributed by atoms with van der Waals surface area (Å²) in [6.45, 7) is 2.01. The molecule has 346 valence electrons. The molecule has 0 atom stereocenters. The van der Waals surface area contributed by atoms with Gasteiger partial charge in [-0.2, -0.15) is 0 Å². The standard InChI is InChI=1S/2C19H17N3O2.C16H17NO2.H2O/c2*20-19(24)7-5-14-10-15(18-12-21-8-9-22-18)4-6-17(14)13-2-1-3-16(23)11-13;1-11-5-7-15(12-3-2-4-14(18)10-12)13(9-11)6-8-16(17)19;/h2*1-4,6,8-12,23H,5,7H2,(H2,20,24);2-5,7,9-10,18H,6,8H2,1H3,(H2,17,19);1H2/p-1. The topological polar surface area (TPSA) is 272 Å². The Kier molecular flexibility index (Phi) is 18.1.